The van der Waals surface area contributed by atoms with E-state index in [2.05, 4.69) is 121 Å². The van der Waals surface area contributed by atoms with Crippen LogP contribution < -0.4 is 17.2 Å². The standard InChI is InChI=1S/C10H24Si.C9H23NSi.2C7H18Si.C6H17NO2Si.C6H17NSi/c1-5-9-10-11(6-2,7-3)8-4;1-4-11(5-2,6-3)9-7-8-10;2*1-5-6-7-8(2,3)4;1-8-10(3,9-2)6-4-5-7;1-8(2,3)6-4-5-7/h5-10H2,1-4H3;4-10H2,1-3H3;2*5-7H2,1-4H3;4-7H2,1-3H3;4-7H2,1-3H3. The van der Waals surface area contributed by atoms with Gasteiger partial charge in [0.15, 0.2) is 0 Å². The summed E-state index contributed by atoms with van der Waals surface area (Å²) in [6.07, 6.45) is 11.9. The molecular formula is C45H117N3O2Si6. The van der Waals surface area contributed by atoms with Crippen molar-refractivity contribution in [2.24, 2.45) is 17.2 Å². The second kappa shape index (κ2) is 42.8. The van der Waals surface area contributed by atoms with Crippen LogP contribution in [0.2, 0.25) is 138 Å². The number of rotatable bonds is 26. The highest BCUT2D eigenvalue weighted by Gasteiger charge is 2.27. The lowest BCUT2D eigenvalue weighted by Gasteiger charge is -2.27. The van der Waals surface area contributed by atoms with Crippen molar-refractivity contribution in [3.8, 4) is 0 Å². The first-order chi connectivity index (χ1) is 25.8. The van der Waals surface area contributed by atoms with Gasteiger partial charge in [-0.2, -0.15) is 0 Å². The highest BCUT2D eigenvalue weighted by atomic mass is 28.4. The normalized spacial score (nSPS) is 12.0. The molecule has 0 spiro atoms. The molecule has 0 aliphatic heterocycles. The van der Waals surface area contributed by atoms with Crippen LogP contribution in [0.1, 0.15) is 120 Å². The van der Waals surface area contributed by atoms with E-state index in [1.807, 2.05) is 6.55 Å². The molecule has 56 heavy (non-hydrogen) atoms. The van der Waals surface area contributed by atoms with Gasteiger partial charge in [0, 0.05) is 38.4 Å². The van der Waals surface area contributed by atoms with Crippen LogP contribution in [-0.4, -0.2) is 82.8 Å². The third-order valence-electron chi connectivity index (χ3n) is 11.9. The fraction of sp³-hybridized carbons (Fsp3) is 1.00. The van der Waals surface area contributed by atoms with Crippen molar-refractivity contribution >= 4 is 48.9 Å². The van der Waals surface area contributed by atoms with E-state index in [4.69, 9.17) is 26.1 Å². The van der Waals surface area contributed by atoms with Crippen molar-refractivity contribution in [2.45, 2.75) is 258 Å². The van der Waals surface area contributed by atoms with Crippen molar-refractivity contribution in [2.75, 3.05) is 33.9 Å². The fourth-order valence-electron chi connectivity index (χ4n) is 6.35. The predicted octanol–water partition coefficient (Wildman–Crippen LogP) is 15.8. The third kappa shape index (κ3) is 53.1. The minimum Gasteiger partial charge on any atom is -0.398 e. The minimum absolute atomic E-state index is 0.678. The van der Waals surface area contributed by atoms with Crippen molar-refractivity contribution in [1.29, 1.82) is 0 Å². The van der Waals surface area contributed by atoms with E-state index in [-0.39, 0.29) is 0 Å². The Hall–Kier alpha value is 1.10. The SMILES string of the molecule is CCCC[Si](C)(C)C.CCCC[Si](C)(C)C.CCCC[Si](CC)(CC)CC.CC[Si](CC)(CC)CCCN.CO[Si](C)(CCCN)OC.C[Si](C)(C)CCCN. The number of hydrogen-bond donors (Lipinski definition) is 3. The third-order valence-corrected chi connectivity index (χ3v) is 32.2. The van der Waals surface area contributed by atoms with Crippen LogP contribution in [0.15, 0.2) is 0 Å². The lowest BCUT2D eigenvalue weighted by Crippen LogP contribution is -2.36. The zero-order valence-electron chi connectivity index (χ0n) is 43.5. The van der Waals surface area contributed by atoms with Crippen molar-refractivity contribution in [1.82, 2.24) is 0 Å². The summed E-state index contributed by atoms with van der Waals surface area (Å²) in [5.41, 5.74) is 16.2. The monoisotopic (exact) mass is 900 g/mol. The van der Waals surface area contributed by atoms with Gasteiger partial charge < -0.3 is 26.1 Å². The largest absolute Gasteiger partial charge is 0.398 e. The Morgan fingerprint density at radius 1 is 0.321 bits per heavy atom. The Labute approximate surface area is 365 Å². The molecule has 0 heterocycles. The molecule has 0 radical (unpaired) electrons. The number of hydrogen-bond acceptors (Lipinski definition) is 5. The van der Waals surface area contributed by atoms with E-state index in [1.54, 1.807) is 20.3 Å². The van der Waals surface area contributed by atoms with E-state index in [0.717, 1.165) is 32.1 Å². The summed E-state index contributed by atoms with van der Waals surface area (Å²) in [4.78, 5) is 0. The molecule has 0 saturated heterocycles. The van der Waals surface area contributed by atoms with E-state index in [0.29, 0.717) is 0 Å². The molecule has 11 heteroatoms. The lowest BCUT2D eigenvalue weighted by atomic mass is 10.4. The molecule has 0 amide bonds. The maximum absolute atomic E-state index is 5.52. The summed E-state index contributed by atoms with van der Waals surface area (Å²) in [7, 11) is -2.07. The first-order valence-electron chi connectivity index (χ1n) is 24.1. The molecule has 0 atom stereocenters. The van der Waals surface area contributed by atoms with Gasteiger partial charge in [0.05, 0.1) is 16.1 Å². The van der Waals surface area contributed by atoms with Gasteiger partial charge in [0.2, 0.25) is 0 Å². The van der Waals surface area contributed by atoms with Gasteiger partial charge in [-0.3, -0.25) is 0 Å². The molecule has 0 bridgehead atoms. The first-order valence-corrected chi connectivity index (χ1v) is 43.4. The zero-order chi connectivity index (χ0) is 45.4. The summed E-state index contributed by atoms with van der Waals surface area (Å²) < 4.78 is 10.5. The van der Waals surface area contributed by atoms with Crippen LogP contribution >= 0.6 is 0 Å². The molecule has 6 N–H and O–H groups in total. The van der Waals surface area contributed by atoms with Gasteiger partial charge in [-0.1, -0.05) is 226 Å². The van der Waals surface area contributed by atoms with Crippen LogP contribution in [0.4, 0.5) is 0 Å². The molecule has 0 aromatic heterocycles. The quantitative estimate of drug-likeness (QED) is 0.0752. The van der Waals surface area contributed by atoms with E-state index < -0.39 is 48.9 Å². The Morgan fingerprint density at radius 3 is 0.714 bits per heavy atom. The lowest BCUT2D eigenvalue weighted by molar-refractivity contribution is 0.249. The van der Waals surface area contributed by atoms with Gasteiger partial charge in [-0.25, -0.2) is 0 Å². The summed E-state index contributed by atoms with van der Waals surface area (Å²) in [6, 6.07) is 17.2. The van der Waals surface area contributed by atoms with Gasteiger partial charge in [0.1, 0.15) is 0 Å². The molecule has 0 aromatic rings. The first kappa shape index (κ1) is 68.8. The minimum atomic E-state index is -1.80. The molecule has 0 unspecified atom stereocenters. The van der Waals surface area contributed by atoms with Crippen molar-refractivity contribution in [3.05, 3.63) is 0 Å². The smallest absolute Gasteiger partial charge is 0.334 e. The van der Waals surface area contributed by atoms with Crippen LogP contribution in [0.5, 0.6) is 0 Å². The average Bonchev–Trinajstić information content (AvgIpc) is 3.16. The molecule has 0 aliphatic carbocycles. The van der Waals surface area contributed by atoms with Gasteiger partial charge in [0.25, 0.3) is 0 Å². The second-order valence-corrected chi connectivity index (χ2v) is 52.0. The summed E-state index contributed by atoms with van der Waals surface area (Å²) in [5, 5.41) is 0. The van der Waals surface area contributed by atoms with Crippen molar-refractivity contribution in [3.63, 3.8) is 0 Å². The molecule has 0 aliphatic rings. The van der Waals surface area contributed by atoms with Crippen molar-refractivity contribution < 1.29 is 8.85 Å². The molecule has 0 saturated carbocycles. The molecule has 348 valence electrons. The van der Waals surface area contributed by atoms with Gasteiger partial charge >= 0.3 is 8.56 Å². The van der Waals surface area contributed by atoms with Crippen LogP contribution in [0.25, 0.3) is 0 Å². The fourth-order valence-corrected chi connectivity index (χ4v) is 19.0. The summed E-state index contributed by atoms with van der Waals surface area (Å²) in [6.45, 7) is 47.3. The molecule has 0 fully saturated rings. The maximum atomic E-state index is 5.52. The zero-order valence-corrected chi connectivity index (χ0v) is 49.5. The molecule has 0 rings (SSSR count). The van der Waals surface area contributed by atoms with Gasteiger partial charge in [-0.05, 0) is 51.5 Å². The predicted molar refractivity (Wildman–Crippen MR) is 285 cm³/mol. The number of nitrogens with two attached hydrogens (primary N) is 3. The number of unbranched alkanes of at least 4 members (excludes halogenated alkanes) is 3. The second-order valence-electron chi connectivity index (χ2n) is 20.3. The Morgan fingerprint density at radius 2 is 0.536 bits per heavy atom. The van der Waals surface area contributed by atoms with E-state index in [1.165, 1.54) is 112 Å². The van der Waals surface area contributed by atoms with Crippen LogP contribution in [0.3, 0.4) is 0 Å². The topological polar surface area (TPSA) is 96.5 Å². The van der Waals surface area contributed by atoms with Crippen LogP contribution in [0, 0.1) is 0 Å². The Kier molecular flexibility index (Phi) is 52.6. The van der Waals surface area contributed by atoms with Gasteiger partial charge in [-0.15, -0.1) is 0 Å². The summed E-state index contributed by atoms with van der Waals surface area (Å²) >= 11 is 0. The van der Waals surface area contributed by atoms with Crippen LogP contribution in [-0.2, 0) is 8.85 Å². The molecule has 0 aromatic carbocycles. The maximum Gasteiger partial charge on any atom is 0.334 e. The van der Waals surface area contributed by atoms with E-state index in [9.17, 15) is 0 Å². The highest BCUT2D eigenvalue weighted by molar-refractivity contribution is 6.80. The highest BCUT2D eigenvalue weighted by Crippen LogP contribution is 2.27. The molecular weight excluding hydrogens is 783 g/mol. The van der Waals surface area contributed by atoms with E-state index >= 15 is 0 Å². The Balaban J connectivity index is -0.000000135. The Bertz CT molecular complexity index is 664. The summed E-state index contributed by atoms with van der Waals surface area (Å²) in [5.74, 6) is 0. The molecule has 5 nitrogen and oxygen atoms in total. The average molecular weight is 901 g/mol.